The minimum atomic E-state index is -0.384. The molecule has 1 heterocycles. The van der Waals surface area contributed by atoms with Crippen molar-refractivity contribution in [3.05, 3.63) is 28.4 Å². The molecular formula is C12H13NO2. The van der Waals surface area contributed by atoms with E-state index in [2.05, 4.69) is 28.8 Å². The summed E-state index contributed by atoms with van der Waals surface area (Å²) < 4.78 is 4.62. The van der Waals surface area contributed by atoms with E-state index in [0.29, 0.717) is 11.6 Å². The second-order valence-electron chi connectivity index (χ2n) is 3.75. The lowest BCUT2D eigenvalue weighted by atomic mass is 10.0. The van der Waals surface area contributed by atoms with Crippen LogP contribution in [0.3, 0.4) is 0 Å². The van der Waals surface area contributed by atoms with Crippen LogP contribution < -0.4 is 10.6 Å². The van der Waals surface area contributed by atoms with E-state index in [9.17, 15) is 4.79 Å². The lowest BCUT2D eigenvalue weighted by molar-refractivity contribution is 0.0593. The van der Waals surface area contributed by atoms with Crippen molar-refractivity contribution >= 4 is 18.1 Å². The third-order valence-electron chi connectivity index (χ3n) is 2.50. The van der Waals surface area contributed by atoms with Crippen molar-refractivity contribution in [1.29, 1.82) is 0 Å². The van der Waals surface area contributed by atoms with Crippen LogP contribution in [0.2, 0.25) is 0 Å². The zero-order valence-corrected chi connectivity index (χ0v) is 8.86. The molecule has 0 bridgehead atoms. The van der Waals surface area contributed by atoms with Crippen LogP contribution in [0.1, 0.15) is 23.8 Å². The zero-order valence-electron chi connectivity index (χ0n) is 8.86. The average molecular weight is 203 g/mol. The number of hydrogen-bond donors (Lipinski definition) is 0. The van der Waals surface area contributed by atoms with Crippen molar-refractivity contribution < 1.29 is 9.53 Å². The number of aromatic nitrogens is 1. The summed E-state index contributed by atoms with van der Waals surface area (Å²) in [6, 6.07) is 3.62. The van der Waals surface area contributed by atoms with Gasteiger partial charge in [-0.1, -0.05) is 25.1 Å². The third kappa shape index (κ3) is 1.91. The molecule has 0 aromatic carbocycles. The van der Waals surface area contributed by atoms with Gasteiger partial charge in [-0.15, -0.1) is 0 Å². The summed E-state index contributed by atoms with van der Waals surface area (Å²) in [5.74, 6) is 0.160. The summed E-state index contributed by atoms with van der Waals surface area (Å²) in [5, 5.41) is 1.98. The van der Waals surface area contributed by atoms with Crippen molar-refractivity contribution in [1.82, 2.24) is 4.98 Å². The lowest BCUT2D eigenvalue weighted by Crippen LogP contribution is -2.33. The number of rotatable bonds is 1. The fourth-order valence-electron chi connectivity index (χ4n) is 1.68. The van der Waals surface area contributed by atoms with Crippen LogP contribution in [0.5, 0.6) is 0 Å². The average Bonchev–Trinajstić information content (AvgIpc) is 2.27. The van der Waals surface area contributed by atoms with Crippen molar-refractivity contribution in [3.63, 3.8) is 0 Å². The van der Waals surface area contributed by atoms with E-state index in [1.165, 1.54) is 7.11 Å². The number of ether oxygens (including phenoxy) is 1. The number of esters is 1. The van der Waals surface area contributed by atoms with E-state index >= 15 is 0 Å². The molecule has 1 aliphatic rings. The van der Waals surface area contributed by atoms with Crippen LogP contribution in [0.15, 0.2) is 12.1 Å². The summed E-state index contributed by atoms with van der Waals surface area (Å²) in [6.45, 7) is 2.16. The zero-order chi connectivity index (χ0) is 10.8. The first-order chi connectivity index (χ1) is 7.20. The van der Waals surface area contributed by atoms with Crippen molar-refractivity contribution in [2.75, 3.05) is 7.11 Å². The summed E-state index contributed by atoms with van der Waals surface area (Å²) >= 11 is 0. The molecule has 1 aliphatic carbocycles. The molecule has 0 aliphatic heterocycles. The number of carbonyl (C=O) groups is 1. The fourth-order valence-corrected chi connectivity index (χ4v) is 1.68. The van der Waals surface area contributed by atoms with E-state index in [4.69, 9.17) is 0 Å². The van der Waals surface area contributed by atoms with Gasteiger partial charge in [0.05, 0.1) is 12.5 Å². The molecule has 0 radical (unpaired) electrons. The second kappa shape index (κ2) is 3.85. The van der Waals surface area contributed by atoms with Crippen LogP contribution in [-0.4, -0.2) is 18.1 Å². The van der Waals surface area contributed by atoms with E-state index in [-0.39, 0.29) is 5.97 Å². The number of methoxy groups -OCH3 is 1. The molecule has 3 nitrogen and oxygen atoms in total. The Morgan fingerprint density at radius 3 is 3.07 bits per heavy atom. The summed E-state index contributed by atoms with van der Waals surface area (Å²) in [7, 11) is 1.36. The molecule has 2 rings (SSSR count). The van der Waals surface area contributed by atoms with Crippen LogP contribution in [-0.2, 0) is 4.74 Å². The predicted octanol–water partition coefficient (Wildman–Crippen LogP) is 0.469. The summed E-state index contributed by atoms with van der Waals surface area (Å²) in [4.78, 5) is 15.5. The van der Waals surface area contributed by atoms with Crippen molar-refractivity contribution in [2.24, 2.45) is 5.92 Å². The first-order valence-electron chi connectivity index (χ1n) is 4.98. The lowest BCUT2D eigenvalue weighted by Gasteiger charge is -2.07. The quantitative estimate of drug-likeness (QED) is 0.623. The molecule has 3 heteroatoms. The van der Waals surface area contributed by atoms with Crippen LogP contribution in [0.25, 0.3) is 12.2 Å². The predicted molar refractivity (Wildman–Crippen MR) is 57.5 cm³/mol. The minimum Gasteiger partial charge on any atom is -0.464 e. The molecule has 78 valence electrons. The van der Waals surface area contributed by atoms with Gasteiger partial charge in [0.25, 0.3) is 0 Å². The van der Waals surface area contributed by atoms with Crippen LogP contribution in [0.4, 0.5) is 0 Å². The Hall–Kier alpha value is -1.64. The smallest absolute Gasteiger partial charge is 0.356 e. The fraction of sp³-hybridized carbons (Fsp3) is 0.333. The third-order valence-corrected chi connectivity index (χ3v) is 2.50. The van der Waals surface area contributed by atoms with Gasteiger partial charge in [0.1, 0.15) is 5.69 Å². The van der Waals surface area contributed by atoms with E-state index in [0.717, 1.165) is 17.0 Å². The highest BCUT2D eigenvalue weighted by Gasteiger charge is 2.08. The Bertz CT molecular complexity index is 505. The van der Waals surface area contributed by atoms with Crippen LogP contribution in [0, 0.1) is 5.92 Å². The standard InChI is InChI=1S/C12H13NO2/c1-8-3-5-10-9(7-8)4-6-11(13-10)12(14)15-2/h4-8H,3H2,1-2H3. The number of carbonyl (C=O) groups excluding carboxylic acids is 1. The van der Waals surface area contributed by atoms with Gasteiger partial charge in [-0.2, -0.15) is 0 Å². The molecule has 1 aromatic heterocycles. The molecule has 0 N–H and O–H groups in total. The number of fused-ring (bicyclic) bond motifs is 1. The molecule has 1 atom stereocenters. The van der Waals surface area contributed by atoms with Crippen molar-refractivity contribution in [3.8, 4) is 0 Å². The van der Waals surface area contributed by atoms with Gasteiger partial charge in [0.15, 0.2) is 0 Å². The monoisotopic (exact) mass is 203 g/mol. The SMILES string of the molecule is COC(=O)c1ccc2c(n1)=CCC(C)C=2. The first kappa shape index (κ1) is 9.90. The maximum atomic E-state index is 11.3. The molecule has 1 unspecified atom stereocenters. The largest absolute Gasteiger partial charge is 0.464 e. The Labute approximate surface area is 88.1 Å². The maximum absolute atomic E-state index is 11.3. The highest BCUT2D eigenvalue weighted by atomic mass is 16.5. The Morgan fingerprint density at radius 2 is 2.33 bits per heavy atom. The Kier molecular flexibility index (Phi) is 2.54. The van der Waals surface area contributed by atoms with Gasteiger partial charge < -0.3 is 4.74 Å². The van der Waals surface area contributed by atoms with E-state index < -0.39 is 0 Å². The molecule has 0 saturated heterocycles. The highest BCUT2D eigenvalue weighted by Crippen LogP contribution is 2.05. The maximum Gasteiger partial charge on any atom is 0.356 e. The van der Waals surface area contributed by atoms with Gasteiger partial charge >= 0.3 is 5.97 Å². The second-order valence-corrected chi connectivity index (χ2v) is 3.75. The molecule has 0 fully saturated rings. The van der Waals surface area contributed by atoms with Gasteiger partial charge in [-0.3, -0.25) is 0 Å². The van der Waals surface area contributed by atoms with E-state index in [1.807, 2.05) is 6.07 Å². The number of pyridine rings is 1. The molecule has 0 spiro atoms. The number of hydrogen-bond acceptors (Lipinski definition) is 3. The minimum absolute atomic E-state index is 0.371. The Morgan fingerprint density at radius 1 is 1.53 bits per heavy atom. The van der Waals surface area contributed by atoms with Gasteiger partial charge in [0.2, 0.25) is 0 Å². The molecule has 0 amide bonds. The van der Waals surface area contributed by atoms with E-state index in [1.54, 1.807) is 6.07 Å². The first-order valence-corrected chi connectivity index (χ1v) is 4.98. The highest BCUT2D eigenvalue weighted by molar-refractivity contribution is 5.87. The van der Waals surface area contributed by atoms with Gasteiger partial charge in [-0.05, 0) is 23.6 Å². The number of nitrogens with zero attached hydrogens (tertiary/aromatic N) is 1. The molecule has 0 saturated carbocycles. The summed E-state index contributed by atoms with van der Waals surface area (Å²) in [6.07, 6.45) is 5.21. The van der Waals surface area contributed by atoms with Gasteiger partial charge in [-0.25, -0.2) is 9.78 Å². The topological polar surface area (TPSA) is 39.2 Å². The van der Waals surface area contributed by atoms with Crippen LogP contribution >= 0.6 is 0 Å². The Balaban J connectivity index is 2.53. The van der Waals surface area contributed by atoms with Gasteiger partial charge in [0, 0.05) is 0 Å². The molecular weight excluding hydrogens is 190 g/mol. The summed E-state index contributed by atoms with van der Waals surface area (Å²) in [5.41, 5.74) is 0.371. The molecule has 15 heavy (non-hydrogen) atoms. The molecule has 1 aromatic rings. The van der Waals surface area contributed by atoms with Crippen molar-refractivity contribution in [2.45, 2.75) is 13.3 Å². The normalized spacial score (nSPS) is 18.4.